The summed E-state index contributed by atoms with van der Waals surface area (Å²) in [5, 5.41) is 30.7. The first kappa shape index (κ1) is 27.1. The largest absolute Gasteiger partial charge is 0.504 e. The van der Waals surface area contributed by atoms with Gasteiger partial charge in [-0.2, -0.15) is 0 Å². The van der Waals surface area contributed by atoms with Crippen molar-refractivity contribution in [2.45, 2.75) is 46.6 Å². The number of anilines is 1. The number of aliphatic hydroxyl groups excluding tert-OH is 1. The molecule has 1 fully saturated rings. The maximum Gasteiger partial charge on any atom is 0.322 e. The zero-order valence-electron chi connectivity index (χ0n) is 22.0. The standard InChI is InChI=1S/C29H34N4O5/c1-17-12-21(4-5-22(17)16-34)24-7-6-23(13-18(24)2)33-10-8-20(9-11-33)14-25-31-19(3)28(37)27(32-25)29(38)30-15-26(35)36/h4-7,12-13,20,34,37H,8-11,14-16H2,1-3H3,(H,30,38)(H,35,36). The second-order valence-electron chi connectivity index (χ2n) is 9.93. The minimum absolute atomic E-state index is 0.0434. The molecule has 200 valence electrons. The SMILES string of the molecule is Cc1cc(-c2ccc(N3CCC(Cc4nc(C)c(O)c(C(=O)NCC(=O)O)n4)CC3)cc2C)ccc1CO. The number of carboxylic acid groups (broad SMARTS) is 1. The van der Waals surface area contributed by atoms with Crippen molar-refractivity contribution in [3.63, 3.8) is 0 Å². The number of benzene rings is 2. The predicted molar refractivity (Wildman–Crippen MR) is 144 cm³/mol. The number of amides is 1. The number of aryl methyl sites for hydroxylation is 3. The summed E-state index contributed by atoms with van der Waals surface area (Å²) in [5.41, 5.74) is 6.83. The lowest BCUT2D eigenvalue weighted by molar-refractivity contribution is -0.135. The van der Waals surface area contributed by atoms with Crippen molar-refractivity contribution in [2.24, 2.45) is 5.92 Å². The summed E-state index contributed by atoms with van der Waals surface area (Å²) < 4.78 is 0. The molecule has 0 spiro atoms. The molecule has 1 saturated heterocycles. The van der Waals surface area contributed by atoms with Gasteiger partial charge in [-0.15, -0.1) is 0 Å². The van der Waals surface area contributed by atoms with Gasteiger partial charge >= 0.3 is 5.97 Å². The molecule has 0 bridgehead atoms. The van der Waals surface area contributed by atoms with Crippen LogP contribution in [-0.2, 0) is 17.8 Å². The molecule has 0 saturated carbocycles. The Bertz CT molecular complexity index is 1350. The third kappa shape index (κ3) is 6.11. The van der Waals surface area contributed by atoms with Gasteiger partial charge in [-0.1, -0.05) is 24.3 Å². The maximum absolute atomic E-state index is 12.3. The molecule has 3 aromatic rings. The van der Waals surface area contributed by atoms with Crippen LogP contribution in [0.3, 0.4) is 0 Å². The van der Waals surface area contributed by atoms with Crippen molar-refractivity contribution in [3.05, 3.63) is 70.3 Å². The summed E-state index contributed by atoms with van der Waals surface area (Å²) in [6.07, 6.45) is 2.45. The molecular formula is C29H34N4O5. The fourth-order valence-electron chi connectivity index (χ4n) is 4.98. The summed E-state index contributed by atoms with van der Waals surface area (Å²) in [7, 11) is 0. The third-order valence-electron chi connectivity index (χ3n) is 7.20. The Hall–Kier alpha value is -3.98. The molecule has 4 rings (SSSR count). The lowest BCUT2D eigenvalue weighted by Crippen LogP contribution is -2.34. The summed E-state index contributed by atoms with van der Waals surface area (Å²) in [5.74, 6) is -1.43. The Labute approximate surface area is 222 Å². The number of aromatic nitrogens is 2. The van der Waals surface area contributed by atoms with Gasteiger partial charge in [0.25, 0.3) is 5.91 Å². The molecule has 1 aromatic heterocycles. The number of hydrogen-bond acceptors (Lipinski definition) is 7. The molecule has 1 amide bonds. The van der Waals surface area contributed by atoms with Crippen LogP contribution in [0.5, 0.6) is 5.75 Å². The van der Waals surface area contributed by atoms with Crippen molar-refractivity contribution in [2.75, 3.05) is 24.5 Å². The molecule has 9 heteroatoms. The van der Waals surface area contributed by atoms with Gasteiger partial charge in [0.05, 0.1) is 12.3 Å². The topological polar surface area (TPSA) is 136 Å². The van der Waals surface area contributed by atoms with Crippen LogP contribution < -0.4 is 10.2 Å². The minimum Gasteiger partial charge on any atom is -0.504 e. The van der Waals surface area contributed by atoms with Crippen LogP contribution in [0, 0.1) is 26.7 Å². The van der Waals surface area contributed by atoms with Gasteiger partial charge in [-0.3, -0.25) is 9.59 Å². The molecule has 0 radical (unpaired) electrons. The Balaban J connectivity index is 1.40. The van der Waals surface area contributed by atoms with Gasteiger partial charge in [0.2, 0.25) is 0 Å². The highest BCUT2D eigenvalue weighted by atomic mass is 16.4. The quantitative estimate of drug-likeness (QED) is 0.356. The number of nitrogens with zero attached hydrogens (tertiary/aromatic N) is 3. The Kier molecular flexibility index (Phi) is 8.26. The van der Waals surface area contributed by atoms with Gasteiger partial charge in [-0.05, 0) is 79.5 Å². The maximum atomic E-state index is 12.3. The van der Waals surface area contributed by atoms with E-state index in [0.29, 0.717) is 23.9 Å². The first-order chi connectivity index (χ1) is 18.2. The van der Waals surface area contributed by atoms with Crippen molar-refractivity contribution in [1.29, 1.82) is 0 Å². The van der Waals surface area contributed by atoms with Gasteiger partial charge in [0.1, 0.15) is 12.4 Å². The lowest BCUT2D eigenvalue weighted by Gasteiger charge is -2.34. The molecule has 1 aliphatic heterocycles. The average molecular weight is 519 g/mol. The Morgan fingerprint density at radius 1 is 1.03 bits per heavy atom. The summed E-state index contributed by atoms with van der Waals surface area (Å²) in [6, 6.07) is 12.7. The van der Waals surface area contributed by atoms with E-state index in [0.717, 1.165) is 42.6 Å². The lowest BCUT2D eigenvalue weighted by atomic mass is 9.92. The highest BCUT2D eigenvalue weighted by Crippen LogP contribution is 2.31. The van der Waals surface area contributed by atoms with Gasteiger partial charge in [0.15, 0.2) is 11.4 Å². The number of piperidine rings is 1. The second-order valence-corrected chi connectivity index (χ2v) is 9.93. The van der Waals surface area contributed by atoms with E-state index < -0.39 is 18.4 Å². The number of aromatic hydroxyl groups is 1. The van der Waals surface area contributed by atoms with Crippen LogP contribution in [0.25, 0.3) is 11.1 Å². The van der Waals surface area contributed by atoms with Crippen LogP contribution in [0.2, 0.25) is 0 Å². The summed E-state index contributed by atoms with van der Waals surface area (Å²) in [4.78, 5) is 34.1. The Morgan fingerprint density at radius 2 is 1.76 bits per heavy atom. The van der Waals surface area contributed by atoms with Crippen LogP contribution in [0.1, 0.15) is 51.5 Å². The molecule has 2 heterocycles. The Morgan fingerprint density at radius 3 is 2.39 bits per heavy atom. The second kappa shape index (κ2) is 11.6. The minimum atomic E-state index is -1.17. The van der Waals surface area contributed by atoms with Crippen molar-refractivity contribution >= 4 is 17.6 Å². The van der Waals surface area contributed by atoms with Gasteiger partial charge in [-0.25, -0.2) is 9.97 Å². The number of hydrogen-bond donors (Lipinski definition) is 4. The first-order valence-corrected chi connectivity index (χ1v) is 12.8. The number of carboxylic acids is 1. The van der Waals surface area contributed by atoms with Crippen LogP contribution >= 0.6 is 0 Å². The number of rotatable bonds is 8. The first-order valence-electron chi connectivity index (χ1n) is 12.8. The number of aliphatic hydroxyl groups is 1. The van der Waals surface area contributed by atoms with E-state index in [-0.39, 0.29) is 18.1 Å². The molecule has 0 atom stereocenters. The monoisotopic (exact) mass is 518 g/mol. The number of aliphatic carboxylic acids is 1. The smallest absolute Gasteiger partial charge is 0.322 e. The van der Waals surface area contributed by atoms with Crippen molar-refractivity contribution < 1.29 is 24.9 Å². The molecule has 38 heavy (non-hydrogen) atoms. The summed E-state index contributed by atoms with van der Waals surface area (Å²) in [6.45, 7) is 7.00. The van der Waals surface area contributed by atoms with E-state index in [1.54, 1.807) is 6.92 Å². The number of nitrogens with one attached hydrogen (secondary N) is 1. The van der Waals surface area contributed by atoms with Crippen LogP contribution in [0.15, 0.2) is 36.4 Å². The zero-order valence-corrected chi connectivity index (χ0v) is 22.0. The van der Waals surface area contributed by atoms with Crippen LogP contribution in [-0.4, -0.2) is 56.8 Å². The van der Waals surface area contributed by atoms with E-state index in [1.807, 2.05) is 13.0 Å². The number of carbonyl (C=O) groups is 2. The summed E-state index contributed by atoms with van der Waals surface area (Å²) >= 11 is 0. The molecule has 2 aromatic carbocycles. The molecule has 4 N–H and O–H groups in total. The zero-order chi connectivity index (χ0) is 27.4. The van der Waals surface area contributed by atoms with Crippen LogP contribution in [0.4, 0.5) is 5.69 Å². The van der Waals surface area contributed by atoms with E-state index in [2.05, 4.69) is 57.4 Å². The van der Waals surface area contributed by atoms with Crippen molar-refractivity contribution in [3.8, 4) is 16.9 Å². The molecule has 9 nitrogen and oxygen atoms in total. The highest BCUT2D eigenvalue weighted by molar-refractivity contribution is 5.96. The average Bonchev–Trinajstić information content (AvgIpc) is 2.89. The normalized spacial score (nSPS) is 13.9. The molecule has 0 aliphatic carbocycles. The molecular weight excluding hydrogens is 484 g/mol. The molecule has 1 aliphatic rings. The molecule has 0 unspecified atom stereocenters. The van der Waals surface area contributed by atoms with E-state index in [4.69, 9.17) is 5.11 Å². The van der Waals surface area contributed by atoms with Gasteiger partial charge in [0, 0.05) is 25.2 Å². The third-order valence-corrected chi connectivity index (χ3v) is 7.20. The predicted octanol–water partition coefficient (Wildman–Crippen LogP) is 3.54. The number of carbonyl (C=O) groups excluding carboxylic acids is 1. The van der Waals surface area contributed by atoms with E-state index in [9.17, 15) is 19.8 Å². The fourth-order valence-corrected chi connectivity index (χ4v) is 4.98. The van der Waals surface area contributed by atoms with Gasteiger partial charge < -0.3 is 25.5 Å². The fraction of sp³-hybridized carbons (Fsp3) is 0.379. The van der Waals surface area contributed by atoms with E-state index in [1.165, 1.54) is 16.8 Å². The van der Waals surface area contributed by atoms with Crippen molar-refractivity contribution in [1.82, 2.24) is 15.3 Å². The highest BCUT2D eigenvalue weighted by Gasteiger charge is 2.24. The van der Waals surface area contributed by atoms with E-state index >= 15 is 0 Å².